The van der Waals surface area contributed by atoms with Crippen molar-refractivity contribution < 1.29 is 24.0 Å². The second kappa shape index (κ2) is 9.25. The minimum atomic E-state index is -1.07. The first kappa shape index (κ1) is 21.8. The maximum absolute atomic E-state index is 12.7. The topological polar surface area (TPSA) is 108 Å². The molecule has 8 nitrogen and oxygen atoms in total. The predicted molar refractivity (Wildman–Crippen MR) is 113 cm³/mol. The zero-order chi connectivity index (χ0) is 22.5. The highest BCUT2D eigenvalue weighted by molar-refractivity contribution is 5.93. The van der Waals surface area contributed by atoms with Gasteiger partial charge in [-0.25, -0.2) is 9.59 Å². The standard InChI is InChI=1S/C23H22N2O6/c1-4-30-23(27)19-14(2)24-15(3)21(25(28)29)20(19)17-12-8-9-13-18(17)31-22(26)16-10-6-5-7-11-16/h5-13,20,24H,4H2,1-3H3. The van der Waals surface area contributed by atoms with Gasteiger partial charge in [-0.3, -0.25) is 10.1 Å². The SMILES string of the molecule is CCOC(=O)C1=C(C)NC(C)=C([N+](=O)[O-])C1c1ccccc1OC(=O)c1ccccc1. The van der Waals surface area contributed by atoms with Crippen LogP contribution in [-0.4, -0.2) is 23.5 Å². The lowest BCUT2D eigenvalue weighted by Crippen LogP contribution is -2.32. The van der Waals surface area contributed by atoms with Crippen molar-refractivity contribution in [1.82, 2.24) is 5.32 Å². The van der Waals surface area contributed by atoms with E-state index in [0.717, 1.165) is 0 Å². The Hall–Kier alpha value is -3.94. The molecule has 0 aromatic heterocycles. The van der Waals surface area contributed by atoms with Crippen molar-refractivity contribution in [3.63, 3.8) is 0 Å². The van der Waals surface area contributed by atoms with Crippen LogP contribution in [0.25, 0.3) is 0 Å². The molecule has 1 unspecified atom stereocenters. The summed E-state index contributed by atoms with van der Waals surface area (Å²) in [6.07, 6.45) is 0. The third-order valence-corrected chi connectivity index (χ3v) is 4.86. The second-order valence-corrected chi connectivity index (χ2v) is 6.88. The summed E-state index contributed by atoms with van der Waals surface area (Å²) in [5, 5.41) is 14.9. The normalized spacial score (nSPS) is 15.9. The van der Waals surface area contributed by atoms with Crippen LogP contribution in [0.2, 0.25) is 0 Å². The molecule has 0 amide bonds. The zero-order valence-electron chi connectivity index (χ0n) is 17.4. The van der Waals surface area contributed by atoms with Crippen LogP contribution in [0.3, 0.4) is 0 Å². The van der Waals surface area contributed by atoms with Gasteiger partial charge in [-0.1, -0.05) is 36.4 Å². The fourth-order valence-electron chi connectivity index (χ4n) is 3.55. The summed E-state index contributed by atoms with van der Waals surface area (Å²) in [5.74, 6) is -2.22. The summed E-state index contributed by atoms with van der Waals surface area (Å²) >= 11 is 0. The van der Waals surface area contributed by atoms with E-state index in [1.807, 2.05) is 0 Å². The first-order valence-electron chi connectivity index (χ1n) is 9.71. The van der Waals surface area contributed by atoms with Crippen LogP contribution in [0.1, 0.15) is 42.6 Å². The number of nitrogens with zero attached hydrogens (tertiary/aromatic N) is 1. The average molecular weight is 422 g/mol. The van der Waals surface area contributed by atoms with Gasteiger partial charge in [0.05, 0.1) is 28.4 Å². The van der Waals surface area contributed by atoms with Crippen LogP contribution in [0.5, 0.6) is 5.75 Å². The van der Waals surface area contributed by atoms with E-state index in [4.69, 9.17) is 9.47 Å². The Kier molecular flexibility index (Phi) is 6.49. The summed E-state index contributed by atoms with van der Waals surface area (Å²) in [7, 11) is 0. The first-order valence-corrected chi connectivity index (χ1v) is 9.71. The number of hydrogen-bond acceptors (Lipinski definition) is 7. The Morgan fingerprint density at radius 2 is 1.65 bits per heavy atom. The van der Waals surface area contributed by atoms with Crippen LogP contribution in [0.15, 0.2) is 77.3 Å². The van der Waals surface area contributed by atoms with Gasteiger partial charge in [-0.15, -0.1) is 0 Å². The van der Waals surface area contributed by atoms with Gasteiger partial charge in [0.25, 0.3) is 5.70 Å². The van der Waals surface area contributed by atoms with Gasteiger partial charge in [0.2, 0.25) is 0 Å². The highest BCUT2D eigenvalue weighted by atomic mass is 16.6. The predicted octanol–water partition coefficient (Wildman–Crippen LogP) is 3.94. The Balaban J connectivity index is 2.13. The van der Waals surface area contributed by atoms with E-state index < -0.39 is 22.8 Å². The first-order chi connectivity index (χ1) is 14.8. The zero-order valence-corrected chi connectivity index (χ0v) is 17.4. The number of carbonyl (C=O) groups is 2. The summed E-state index contributed by atoms with van der Waals surface area (Å²) in [6, 6.07) is 14.9. The monoisotopic (exact) mass is 422 g/mol. The molecule has 8 heteroatoms. The van der Waals surface area contributed by atoms with E-state index in [-0.39, 0.29) is 23.6 Å². The molecule has 1 N–H and O–H groups in total. The van der Waals surface area contributed by atoms with Crippen LogP contribution in [0.4, 0.5) is 0 Å². The summed E-state index contributed by atoms with van der Waals surface area (Å²) in [5.41, 5.74) is 1.28. The molecule has 3 rings (SSSR count). The summed E-state index contributed by atoms with van der Waals surface area (Å²) in [6.45, 7) is 4.99. The van der Waals surface area contributed by atoms with Crippen molar-refractivity contribution in [3.05, 3.63) is 98.5 Å². The number of hydrogen-bond donors (Lipinski definition) is 1. The lowest BCUT2D eigenvalue weighted by molar-refractivity contribution is -0.431. The van der Waals surface area contributed by atoms with Gasteiger partial charge < -0.3 is 14.8 Å². The Morgan fingerprint density at radius 1 is 1.00 bits per heavy atom. The molecule has 0 aliphatic carbocycles. The van der Waals surface area contributed by atoms with Gasteiger partial charge in [-0.2, -0.15) is 0 Å². The van der Waals surface area contributed by atoms with Crippen molar-refractivity contribution in [2.24, 2.45) is 0 Å². The van der Waals surface area contributed by atoms with Gasteiger partial charge in [0.15, 0.2) is 0 Å². The van der Waals surface area contributed by atoms with Gasteiger partial charge in [0, 0.05) is 11.3 Å². The third-order valence-electron chi connectivity index (χ3n) is 4.86. The van der Waals surface area contributed by atoms with E-state index in [2.05, 4.69) is 5.32 Å². The van der Waals surface area contributed by atoms with Crippen molar-refractivity contribution in [1.29, 1.82) is 0 Å². The number of para-hydroxylation sites is 1. The molecule has 1 aliphatic heterocycles. The van der Waals surface area contributed by atoms with Gasteiger partial charge in [-0.05, 0) is 39.0 Å². The lowest BCUT2D eigenvalue weighted by atomic mass is 9.83. The number of carbonyl (C=O) groups excluding carboxylic acids is 2. The maximum Gasteiger partial charge on any atom is 0.343 e. The van der Waals surface area contributed by atoms with E-state index in [1.54, 1.807) is 75.4 Å². The lowest BCUT2D eigenvalue weighted by Gasteiger charge is -2.27. The molecular formula is C23H22N2O6. The van der Waals surface area contributed by atoms with E-state index >= 15 is 0 Å². The van der Waals surface area contributed by atoms with Crippen molar-refractivity contribution >= 4 is 11.9 Å². The van der Waals surface area contributed by atoms with Crippen LogP contribution in [-0.2, 0) is 9.53 Å². The quantitative estimate of drug-likeness (QED) is 0.325. The van der Waals surface area contributed by atoms with Gasteiger partial charge >= 0.3 is 11.9 Å². The number of rotatable bonds is 6. The van der Waals surface area contributed by atoms with Gasteiger partial charge in [0.1, 0.15) is 11.7 Å². The molecule has 1 atom stereocenters. The van der Waals surface area contributed by atoms with E-state index in [1.165, 1.54) is 0 Å². The maximum atomic E-state index is 12.7. The minimum Gasteiger partial charge on any atom is -0.463 e. The van der Waals surface area contributed by atoms with Crippen molar-refractivity contribution in [2.75, 3.05) is 6.61 Å². The Morgan fingerprint density at radius 3 is 2.29 bits per heavy atom. The Labute approximate surface area is 179 Å². The number of ether oxygens (including phenoxy) is 2. The molecule has 1 aliphatic rings. The molecule has 31 heavy (non-hydrogen) atoms. The third kappa shape index (κ3) is 4.48. The largest absolute Gasteiger partial charge is 0.463 e. The highest BCUT2D eigenvalue weighted by Gasteiger charge is 2.42. The molecule has 0 saturated heterocycles. The second-order valence-electron chi connectivity index (χ2n) is 6.88. The van der Waals surface area contributed by atoms with Crippen molar-refractivity contribution in [3.8, 4) is 5.75 Å². The van der Waals surface area contributed by atoms with E-state index in [0.29, 0.717) is 22.5 Å². The highest BCUT2D eigenvalue weighted by Crippen LogP contribution is 2.42. The minimum absolute atomic E-state index is 0.0994. The molecule has 0 bridgehead atoms. The molecule has 0 radical (unpaired) electrons. The number of allylic oxidation sites excluding steroid dienone is 3. The molecule has 2 aromatic carbocycles. The number of esters is 2. The molecule has 1 heterocycles. The van der Waals surface area contributed by atoms with E-state index in [9.17, 15) is 19.7 Å². The molecule has 0 spiro atoms. The summed E-state index contributed by atoms with van der Waals surface area (Å²) < 4.78 is 10.8. The van der Waals surface area contributed by atoms with Crippen molar-refractivity contribution in [2.45, 2.75) is 26.7 Å². The molecular weight excluding hydrogens is 400 g/mol. The smallest absolute Gasteiger partial charge is 0.343 e. The number of nitro groups is 1. The van der Waals surface area contributed by atoms with Crippen LogP contribution < -0.4 is 10.1 Å². The molecule has 160 valence electrons. The molecule has 0 saturated carbocycles. The Bertz CT molecular complexity index is 1090. The number of nitrogens with one attached hydrogen (secondary N) is 1. The van der Waals surface area contributed by atoms with Crippen LogP contribution in [0, 0.1) is 10.1 Å². The molecule has 0 fully saturated rings. The average Bonchev–Trinajstić information content (AvgIpc) is 2.74. The number of dihydropyridines is 1. The summed E-state index contributed by atoms with van der Waals surface area (Å²) in [4.78, 5) is 36.8. The molecule has 2 aromatic rings. The number of benzene rings is 2. The fourth-order valence-corrected chi connectivity index (χ4v) is 3.55. The van der Waals surface area contributed by atoms with Crippen LogP contribution >= 0.6 is 0 Å². The fraction of sp³-hybridized carbons (Fsp3) is 0.217.